The summed E-state index contributed by atoms with van der Waals surface area (Å²) >= 11 is 0. The number of aryl methyl sites for hydroxylation is 1. The van der Waals surface area contributed by atoms with Gasteiger partial charge in [0.25, 0.3) is 0 Å². The molecule has 1 aromatic carbocycles. The number of pyridine rings is 1. The van der Waals surface area contributed by atoms with Crippen LogP contribution in [0.2, 0.25) is 0 Å². The van der Waals surface area contributed by atoms with Crippen LogP contribution in [0.3, 0.4) is 0 Å². The molecule has 1 atom stereocenters. The fourth-order valence-electron chi connectivity index (χ4n) is 3.73. The van der Waals surface area contributed by atoms with Crippen molar-refractivity contribution in [2.75, 3.05) is 26.9 Å². The number of carbonyl (C=O) groups excluding carboxylic acids is 1. The summed E-state index contributed by atoms with van der Waals surface area (Å²) in [4.78, 5) is 24.7. The molecule has 0 bridgehead atoms. The lowest BCUT2D eigenvalue weighted by atomic mass is 9.86. The Hall–Kier alpha value is -2.60. The molecule has 0 spiro atoms. The Bertz CT molecular complexity index is 1000. The lowest BCUT2D eigenvalue weighted by molar-refractivity contribution is 0.101. The summed E-state index contributed by atoms with van der Waals surface area (Å²) in [6.07, 6.45) is 2.49. The van der Waals surface area contributed by atoms with Gasteiger partial charge >= 0.3 is 0 Å². The van der Waals surface area contributed by atoms with Gasteiger partial charge < -0.3 is 18.8 Å². The number of fused-ring (bicyclic) bond motifs is 3. The van der Waals surface area contributed by atoms with Crippen molar-refractivity contribution in [3.05, 3.63) is 45.7 Å². The molecule has 6 heteroatoms. The van der Waals surface area contributed by atoms with Gasteiger partial charge in [-0.05, 0) is 30.9 Å². The van der Waals surface area contributed by atoms with Gasteiger partial charge in [0.2, 0.25) is 0 Å². The number of carbonyl (C=O) groups is 1. The normalized spacial score (nSPS) is 15.6. The molecule has 0 aliphatic carbocycles. The molecule has 0 saturated carbocycles. The number of Topliss-reactive ketones (excluding diaryl/α,β-unsaturated/α-hetero) is 1. The molecule has 2 heterocycles. The van der Waals surface area contributed by atoms with Crippen molar-refractivity contribution in [1.29, 1.82) is 0 Å². The first kappa shape index (κ1) is 22.1. The Labute approximate surface area is 177 Å². The molecule has 1 aliphatic rings. The number of methoxy groups -OCH3 is 1. The van der Waals surface area contributed by atoms with Crippen LogP contribution < -0.4 is 14.9 Å². The molecule has 0 N–H and O–H groups in total. The van der Waals surface area contributed by atoms with E-state index in [9.17, 15) is 9.59 Å². The number of rotatable bonds is 6. The van der Waals surface area contributed by atoms with E-state index in [2.05, 4.69) is 20.8 Å². The fraction of sp³-hybridized carbons (Fsp3) is 0.500. The number of hydrogen-bond donors (Lipinski definition) is 0. The van der Waals surface area contributed by atoms with Crippen molar-refractivity contribution in [2.24, 2.45) is 5.41 Å². The van der Waals surface area contributed by atoms with Crippen LogP contribution in [0.25, 0.3) is 11.3 Å². The number of nitrogens with zero attached hydrogens (tertiary/aromatic N) is 1. The third-order valence-electron chi connectivity index (χ3n) is 5.49. The molecule has 0 radical (unpaired) electrons. The molecule has 0 amide bonds. The first-order valence-electron chi connectivity index (χ1n) is 10.3. The largest absolute Gasteiger partial charge is 0.493 e. The van der Waals surface area contributed by atoms with Gasteiger partial charge in [-0.3, -0.25) is 9.59 Å². The van der Waals surface area contributed by atoms with Gasteiger partial charge in [0.05, 0.1) is 23.9 Å². The number of aromatic nitrogens is 1. The monoisotopic (exact) mass is 413 g/mol. The maximum Gasteiger partial charge on any atom is 0.192 e. The summed E-state index contributed by atoms with van der Waals surface area (Å²) in [6.45, 7) is 11.4. The topological polar surface area (TPSA) is 66.8 Å². The highest BCUT2D eigenvalue weighted by atomic mass is 16.5. The third kappa shape index (κ3) is 4.43. The standard InChI is InChI=1S/C24H31NO5/c1-15-10-17-19-11-20(27)18(16(2)26)13-25(19)23(24(3,4)5)14-30-22(17)12-21(15)29-9-7-8-28-6/h10-13,23H,7-9,14H2,1-6H3. The van der Waals surface area contributed by atoms with Crippen molar-refractivity contribution < 1.29 is 19.0 Å². The van der Waals surface area contributed by atoms with E-state index in [-0.39, 0.29) is 28.2 Å². The van der Waals surface area contributed by atoms with Crippen LogP contribution in [0.15, 0.2) is 29.2 Å². The Balaban J connectivity index is 2.13. The van der Waals surface area contributed by atoms with Crippen LogP contribution in [0, 0.1) is 12.3 Å². The van der Waals surface area contributed by atoms with E-state index in [0.717, 1.165) is 29.0 Å². The highest BCUT2D eigenvalue weighted by Gasteiger charge is 2.32. The molecule has 0 saturated heterocycles. The smallest absolute Gasteiger partial charge is 0.192 e. The van der Waals surface area contributed by atoms with Crippen molar-refractivity contribution >= 4 is 5.78 Å². The van der Waals surface area contributed by atoms with E-state index in [1.54, 1.807) is 19.4 Å². The quantitative estimate of drug-likeness (QED) is 0.518. The second-order valence-electron chi connectivity index (χ2n) is 8.90. The van der Waals surface area contributed by atoms with Crippen molar-refractivity contribution in [3.8, 4) is 22.8 Å². The van der Waals surface area contributed by atoms with Gasteiger partial charge in [0.15, 0.2) is 11.2 Å². The van der Waals surface area contributed by atoms with E-state index < -0.39 is 0 Å². The van der Waals surface area contributed by atoms with Gasteiger partial charge in [-0.25, -0.2) is 0 Å². The first-order chi connectivity index (χ1) is 14.1. The lowest BCUT2D eigenvalue weighted by Gasteiger charge is -2.32. The van der Waals surface area contributed by atoms with Crippen molar-refractivity contribution in [3.63, 3.8) is 0 Å². The lowest BCUT2D eigenvalue weighted by Crippen LogP contribution is -2.31. The molecule has 3 rings (SSSR count). The number of ketones is 1. The number of benzene rings is 1. The Morgan fingerprint density at radius 3 is 2.60 bits per heavy atom. The van der Waals surface area contributed by atoms with Gasteiger partial charge in [-0.15, -0.1) is 0 Å². The summed E-state index contributed by atoms with van der Waals surface area (Å²) < 4.78 is 19.3. The molecular formula is C24H31NO5. The first-order valence-corrected chi connectivity index (χ1v) is 10.3. The van der Waals surface area contributed by atoms with Gasteiger partial charge in [0, 0.05) is 44.0 Å². The SMILES string of the molecule is COCCCOc1cc2c(cc1C)-c1cc(=O)c(C(C)=O)cn1C(C(C)(C)C)CO2. The summed E-state index contributed by atoms with van der Waals surface area (Å²) in [5, 5.41) is 0. The molecule has 1 aliphatic heterocycles. The summed E-state index contributed by atoms with van der Waals surface area (Å²) in [5.74, 6) is 1.20. The minimum Gasteiger partial charge on any atom is -0.493 e. The average molecular weight is 414 g/mol. The van der Waals surface area contributed by atoms with Crippen LogP contribution in [0.1, 0.15) is 56.1 Å². The summed E-state index contributed by atoms with van der Waals surface area (Å²) in [5.41, 5.74) is 2.33. The van der Waals surface area contributed by atoms with E-state index >= 15 is 0 Å². The Morgan fingerprint density at radius 2 is 1.97 bits per heavy atom. The van der Waals surface area contributed by atoms with Crippen molar-refractivity contribution in [1.82, 2.24) is 4.57 Å². The minimum atomic E-state index is -0.271. The molecule has 162 valence electrons. The zero-order valence-electron chi connectivity index (χ0n) is 18.7. The Morgan fingerprint density at radius 1 is 1.23 bits per heavy atom. The molecule has 2 aromatic rings. The van der Waals surface area contributed by atoms with Crippen LogP contribution in [0.4, 0.5) is 0 Å². The van der Waals surface area contributed by atoms with Crippen LogP contribution in [-0.2, 0) is 4.74 Å². The van der Waals surface area contributed by atoms with E-state index in [1.807, 2.05) is 23.6 Å². The second-order valence-corrected chi connectivity index (χ2v) is 8.90. The minimum absolute atomic E-state index is 0.0509. The molecule has 6 nitrogen and oxygen atoms in total. The highest BCUT2D eigenvalue weighted by molar-refractivity contribution is 5.94. The fourth-order valence-corrected chi connectivity index (χ4v) is 3.73. The van der Waals surface area contributed by atoms with Crippen molar-refractivity contribution in [2.45, 2.75) is 47.1 Å². The van der Waals surface area contributed by atoms with Gasteiger partial charge in [-0.2, -0.15) is 0 Å². The molecule has 0 fully saturated rings. The van der Waals surface area contributed by atoms with Gasteiger partial charge in [-0.1, -0.05) is 20.8 Å². The van der Waals surface area contributed by atoms with E-state index in [0.29, 0.717) is 25.6 Å². The van der Waals surface area contributed by atoms with Gasteiger partial charge in [0.1, 0.15) is 18.1 Å². The Kier molecular flexibility index (Phi) is 6.36. The average Bonchev–Trinajstić information content (AvgIpc) is 2.81. The summed E-state index contributed by atoms with van der Waals surface area (Å²) in [7, 11) is 1.67. The zero-order chi connectivity index (χ0) is 22.1. The predicted octanol–water partition coefficient (Wildman–Crippen LogP) is 4.42. The molecule has 1 aromatic heterocycles. The summed E-state index contributed by atoms with van der Waals surface area (Å²) in [6, 6.07) is 5.40. The number of ether oxygens (including phenoxy) is 3. The molecule has 1 unspecified atom stereocenters. The molecule has 30 heavy (non-hydrogen) atoms. The highest BCUT2D eigenvalue weighted by Crippen LogP contribution is 2.43. The maximum atomic E-state index is 12.7. The van der Waals surface area contributed by atoms with Crippen LogP contribution in [0.5, 0.6) is 11.5 Å². The van der Waals surface area contributed by atoms with Crippen LogP contribution >= 0.6 is 0 Å². The zero-order valence-corrected chi connectivity index (χ0v) is 18.7. The third-order valence-corrected chi connectivity index (χ3v) is 5.49. The predicted molar refractivity (Wildman–Crippen MR) is 117 cm³/mol. The van der Waals surface area contributed by atoms with E-state index in [4.69, 9.17) is 14.2 Å². The maximum absolute atomic E-state index is 12.7. The second kappa shape index (κ2) is 8.64. The van der Waals surface area contributed by atoms with Crippen LogP contribution in [-0.4, -0.2) is 37.3 Å². The van der Waals surface area contributed by atoms with E-state index in [1.165, 1.54) is 6.92 Å². The molecular weight excluding hydrogens is 382 g/mol. The number of hydrogen-bond acceptors (Lipinski definition) is 5.